The van der Waals surface area contributed by atoms with Crippen molar-refractivity contribution in [3.05, 3.63) is 0 Å². The molecular formula is C12H24N2O. The van der Waals surface area contributed by atoms with Gasteiger partial charge in [-0.2, -0.15) is 0 Å². The first-order valence-electron chi connectivity index (χ1n) is 6.44. The molecule has 0 aromatic rings. The molecule has 88 valence electrons. The number of nitrogens with zero attached hydrogens (tertiary/aromatic N) is 2. The first kappa shape index (κ1) is 11.4. The highest BCUT2D eigenvalue weighted by Crippen LogP contribution is 2.20. The molecule has 2 aliphatic rings. The summed E-state index contributed by atoms with van der Waals surface area (Å²) < 4.78 is 0. The second-order valence-corrected chi connectivity index (χ2v) is 4.93. The van der Waals surface area contributed by atoms with Crippen LogP contribution in [0.25, 0.3) is 0 Å². The Kier molecular flexibility index (Phi) is 4.00. The molecule has 2 saturated heterocycles. The van der Waals surface area contributed by atoms with Gasteiger partial charge in [-0.05, 0) is 45.3 Å². The molecule has 0 radical (unpaired) electrons. The zero-order valence-corrected chi connectivity index (χ0v) is 9.86. The highest BCUT2D eigenvalue weighted by Gasteiger charge is 2.26. The van der Waals surface area contributed by atoms with E-state index in [9.17, 15) is 5.11 Å². The fourth-order valence-electron chi connectivity index (χ4n) is 2.85. The van der Waals surface area contributed by atoms with Crippen LogP contribution in [0.1, 0.15) is 32.6 Å². The number of likely N-dealkylation sites (tertiary alicyclic amines) is 2. The quantitative estimate of drug-likeness (QED) is 0.737. The van der Waals surface area contributed by atoms with Gasteiger partial charge in [0.25, 0.3) is 0 Å². The van der Waals surface area contributed by atoms with Crippen LogP contribution < -0.4 is 0 Å². The Balaban J connectivity index is 1.75. The summed E-state index contributed by atoms with van der Waals surface area (Å²) in [6.07, 6.45) is 4.58. The maximum Gasteiger partial charge on any atom is 0.0564 e. The van der Waals surface area contributed by atoms with Gasteiger partial charge in [-0.15, -0.1) is 0 Å². The van der Waals surface area contributed by atoms with E-state index in [1.54, 1.807) is 0 Å². The highest BCUT2D eigenvalue weighted by molar-refractivity contribution is 4.82. The normalized spacial score (nSPS) is 28.4. The molecular weight excluding hydrogens is 188 g/mol. The first-order chi connectivity index (χ1) is 7.29. The zero-order valence-electron chi connectivity index (χ0n) is 9.86. The third kappa shape index (κ3) is 2.92. The van der Waals surface area contributed by atoms with Crippen molar-refractivity contribution in [2.75, 3.05) is 32.7 Å². The molecule has 3 nitrogen and oxygen atoms in total. The smallest absolute Gasteiger partial charge is 0.0564 e. The van der Waals surface area contributed by atoms with Crippen LogP contribution in [0.3, 0.4) is 0 Å². The molecule has 2 rings (SSSR count). The number of hydrogen-bond donors (Lipinski definition) is 1. The van der Waals surface area contributed by atoms with Gasteiger partial charge in [-0.3, -0.25) is 0 Å². The first-order valence-corrected chi connectivity index (χ1v) is 6.44. The Bertz CT molecular complexity index is 182. The van der Waals surface area contributed by atoms with Crippen molar-refractivity contribution in [1.82, 2.24) is 9.80 Å². The van der Waals surface area contributed by atoms with E-state index in [1.807, 2.05) is 0 Å². The molecule has 0 unspecified atom stereocenters. The molecule has 0 aromatic carbocycles. The van der Waals surface area contributed by atoms with Gasteiger partial charge in [-0.1, -0.05) is 6.92 Å². The summed E-state index contributed by atoms with van der Waals surface area (Å²) >= 11 is 0. The van der Waals surface area contributed by atoms with Crippen molar-refractivity contribution in [1.29, 1.82) is 0 Å². The molecule has 1 N–H and O–H groups in total. The largest absolute Gasteiger partial charge is 0.393 e. The van der Waals surface area contributed by atoms with Gasteiger partial charge >= 0.3 is 0 Å². The summed E-state index contributed by atoms with van der Waals surface area (Å²) in [5, 5.41) is 9.47. The molecule has 3 heteroatoms. The molecule has 0 amide bonds. The van der Waals surface area contributed by atoms with Gasteiger partial charge in [0.1, 0.15) is 0 Å². The van der Waals surface area contributed by atoms with E-state index in [2.05, 4.69) is 16.7 Å². The van der Waals surface area contributed by atoms with Crippen molar-refractivity contribution in [2.24, 2.45) is 0 Å². The number of aliphatic hydroxyl groups excluding tert-OH is 1. The van der Waals surface area contributed by atoms with Gasteiger partial charge in [0.05, 0.1) is 6.10 Å². The van der Waals surface area contributed by atoms with Crippen LogP contribution >= 0.6 is 0 Å². The van der Waals surface area contributed by atoms with Crippen LogP contribution in [-0.2, 0) is 0 Å². The minimum absolute atomic E-state index is 0.0306. The average Bonchev–Trinajstić information content (AvgIpc) is 2.30. The molecule has 2 heterocycles. The Hall–Kier alpha value is -0.120. The fourth-order valence-corrected chi connectivity index (χ4v) is 2.85. The van der Waals surface area contributed by atoms with E-state index in [4.69, 9.17) is 0 Å². The van der Waals surface area contributed by atoms with E-state index in [0.29, 0.717) is 0 Å². The molecule has 0 bridgehead atoms. The predicted octanol–water partition coefficient (Wildman–Crippen LogP) is 0.927. The summed E-state index contributed by atoms with van der Waals surface area (Å²) in [5.74, 6) is 0. The van der Waals surface area contributed by atoms with Gasteiger partial charge in [-0.25, -0.2) is 0 Å². The Morgan fingerprint density at radius 3 is 2.13 bits per heavy atom. The third-order valence-corrected chi connectivity index (χ3v) is 4.02. The molecule has 2 aliphatic heterocycles. The van der Waals surface area contributed by atoms with Crippen LogP contribution in [0.5, 0.6) is 0 Å². The monoisotopic (exact) mass is 212 g/mol. The maximum absolute atomic E-state index is 9.47. The minimum atomic E-state index is -0.0306. The highest BCUT2D eigenvalue weighted by atomic mass is 16.3. The van der Waals surface area contributed by atoms with E-state index < -0.39 is 0 Å². The SMILES string of the molecule is CCN1CCC(N2CCC(O)CC2)CC1. The van der Waals surface area contributed by atoms with Crippen LogP contribution in [-0.4, -0.2) is 59.8 Å². The summed E-state index contributed by atoms with van der Waals surface area (Å²) in [5.41, 5.74) is 0. The van der Waals surface area contributed by atoms with Crippen molar-refractivity contribution >= 4 is 0 Å². The maximum atomic E-state index is 9.47. The fraction of sp³-hybridized carbons (Fsp3) is 1.00. The van der Waals surface area contributed by atoms with Crippen molar-refractivity contribution < 1.29 is 5.11 Å². The number of rotatable bonds is 2. The molecule has 0 aromatic heterocycles. The van der Waals surface area contributed by atoms with Gasteiger partial charge < -0.3 is 14.9 Å². The van der Waals surface area contributed by atoms with Crippen LogP contribution in [0.2, 0.25) is 0 Å². The van der Waals surface area contributed by atoms with E-state index >= 15 is 0 Å². The number of aliphatic hydroxyl groups is 1. The topological polar surface area (TPSA) is 26.7 Å². The van der Waals surface area contributed by atoms with Crippen LogP contribution in [0, 0.1) is 0 Å². The lowest BCUT2D eigenvalue weighted by Gasteiger charge is -2.40. The van der Waals surface area contributed by atoms with Crippen LogP contribution in [0.15, 0.2) is 0 Å². The second-order valence-electron chi connectivity index (χ2n) is 4.93. The Morgan fingerprint density at radius 1 is 1.00 bits per heavy atom. The summed E-state index contributed by atoms with van der Waals surface area (Å²) in [7, 11) is 0. The summed E-state index contributed by atoms with van der Waals surface area (Å²) in [6.45, 7) is 8.19. The second kappa shape index (κ2) is 5.28. The van der Waals surface area contributed by atoms with E-state index in [1.165, 1.54) is 32.5 Å². The molecule has 0 saturated carbocycles. The molecule has 0 aliphatic carbocycles. The Morgan fingerprint density at radius 2 is 1.60 bits per heavy atom. The van der Waals surface area contributed by atoms with Gasteiger partial charge in [0.2, 0.25) is 0 Å². The van der Waals surface area contributed by atoms with Crippen molar-refractivity contribution in [3.63, 3.8) is 0 Å². The molecule has 0 spiro atoms. The number of hydrogen-bond acceptors (Lipinski definition) is 3. The third-order valence-electron chi connectivity index (χ3n) is 4.02. The van der Waals surface area contributed by atoms with Crippen LogP contribution in [0.4, 0.5) is 0 Å². The minimum Gasteiger partial charge on any atom is -0.393 e. The number of piperidine rings is 2. The lowest BCUT2D eigenvalue weighted by Crippen LogP contribution is -2.48. The standard InChI is InChI=1S/C12H24N2O/c1-2-13-7-3-11(4-8-13)14-9-5-12(15)6-10-14/h11-12,15H,2-10H2,1H3. The zero-order chi connectivity index (χ0) is 10.7. The van der Waals surface area contributed by atoms with E-state index in [0.717, 1.165) is 32.0 Å². The van der Waals surface area contributed by atoms with Gasteiger partial charge in [0, 0.05) is 19.1 Å². The lowest BCUT2D eigenvalue weighted by atomic mass is 9.99. The van der Waals surface area contributed by atoms with Crippen molar-refractivity contribution in [2.45, 2.75) is 44.8 Å². The predicted molar refractivity (Wildman–Crippen MR) is 61.9 cm³/mol. The lowest BCUT2D eigenvalue weighted by molar-refractivity contribution is 0.0394. The average molecular weight is 212 g/mol. The van der Waals surface area contributed by atoms with Gasteiger partial charge in [0.15, 0.2) is 0 Å². The summed E-state index contributed by atoms with van der Waals surface area (Å²) in [6, 6.07) is 0.792. The summed E-state index contributed by atoms with van der Waals surface area (Å²) in [4.78, 5) is 5.13. The Labute approximate surface area is 93.1 Å². The molecule has 0 atom stereocenters. The van der Waals surface area contributed by atoms with E-state index in [-0.39, 0.29) is 6.10 Å². The van der Waals surface area contributed by atoms with Crippen molar-refractivity contribution in [3.8, 4) is 0 Å². The molecule has 2 fully saturated rings. The molecule has 15 heavy (non-hydrogen) atoms.